The van der Waals surface area contributed by atoms with E-state index in [1.807, 2.05) is 0 Å². The second-order valence-electron chi connectivity index (χ2n) is 4.68. The van der Waals surface area contributed by atoms with Crippen molar-refractivity contribution in [1.82, 2.24) is 4.90 Å². The first-order chi connectivity index (χ1) is 9.06. The summed E-state index contributed by atoms with van der Waals surface area (Å²) in [5.74, 6) is -0.360. The molecule has 1 aromatic rings. The Labute approximate surface area is 110 Å². The molecule has 1 N–H and O–H groups in total. The number of nitrogens with zero attached hydrogens (tertiary/aromatic N) is 2. The van der Waals surface area contributed by atoms with Crippen LogP contribution in [0.15, 0.2) is 18.2 Å². The van der Waals surface area contributed by atoms with E-state index in [9.17, 15) is 14.9 Å². The number of nitro benzene ring substituents is 1. The van der Waals surface area contributed by atoms with Gasteiger partial charge in [0.1, 0.15) is 5.56 Å². The van der Waals surface area contributed by atoms with Crippen LogP contribution >= 0.6 is 0 Å². The molecule has 1 amide bonds. The molecular weight excluding hydrogens is 248 g/mol. The Hall–Kier alpha value is -1.95. The minimum absolute atomic E-state index is 0.110. The lowest BCUT2D eigenvalue weighted by Gasteiger charge is -2.22. The standard InChI is InChI=1S/C13H16N2O4/c1-9-3-2-4-11(15(18)19)12(9)13(17)14(7-8-16)10-5-6-10/h2-4,10,16H,5-8H2,1H3. The van der Waals surface area contributed by atoms with Crippen molar-refractivity contribution in [1.29, 1.82) is 0 Å². The molecule has 1 aliphatic carbocycles. The second-order valence-corrected chi connectivity index (χ2v) is 4.68. The van der Waals surface area contributed by atoms with E-state index >= 15 is 0 Å². The molecule has 102 valence electrons. The van der Waals surface area contributed by atoms with Gasteiger partial charge in [0.2, 0.25) is 0 Å². The number of carbonyl (C=O) groups is 1. The lowest BCUT2D eigenvalue weighted by atomic mass is 10.1. The van der Waals surface area contributed by atoms with Crippen molar-refractivity contribution in [2.45, 2.75) is 25.8 Å². The van der Waals surface area contributed by atoms with Crippen LogP contribution in [0.1, 0.15) is 28.8 Å². The Morgan fingerprint density at radius 2 is 2.21 bits per heavy atom. The van der Waals surface area contributed by atoms with E-state index in [4.69, 9.17) is 5.11 Å². The zero-order valence-electron chi connectivity index (χ0n) is 10.7. The van der Waals surface area contributed by atoms with Crippen molar-refractivity contribution >= 4 is 11.6 Å². The van der Waals surface area contributed by atoms with Crippen LogP contribution in [0, 0.1) is 17.0 Å². The highest BCUT2D eigenvalue weighted by Crippen LogP contribution is 2.31. The maximum Gasteiger partial charge on any atom is 0.282 e. The van der Waals surface area contributed by atoms with E-state index in [1.54, 1.807) is 19.1 Å². The number of aryl methyl sites for hydroxylation is 1. The summed E-state index contributed by atoms with van der Waals surface area (Å²) in [4.78, 5) is 24.5. The van der Waals surface area contributed by atoms with Crippen LogP contribution in [0.2, 0.25) is 0 Å². The van der Waals surface area contributed by atoms with Crippen molar-refractivity contribution in [2.24, 2.45) is 0 Å². The Morgan fingerprint density at radius 3 is 2.74 bits per heavy atom. The lowest BCUT2D eigenvalue weighted by Crippen LogP contribution is -2.36. The van der Waals surface area contributed by atoms with E-state index < -0.39 is 4.92 Å². The van der Waals surface area contributed by atoms with E-state index in [2.05, 4.69) is 0 Å². The minimum Gasteiger partial charge on any atom is -0.395 e. The predicted octanol–water partition coefficient (Wildman–Crippen LogP) is 1.50. The van der Waals surface area contributed by atoms with E-state index in [0.29, 0.717) is 5.56 Å². The Kier molecular flexibility index (Phi) is 3.80. The van der Waals surface area contributed by atoms with Crippen LogP contribution in [0.25, 0.3) is 0 Å². The summed E-state index contributed by atoms with van der Waals surface area (Å²) >= 11 is 0. The number of benzene rings is 1. The SMILES string of the molecule is Cc1cccc([N+](=O)[O-])c1C(=O)N(CCO)C1CC1. The number of hydrogen-bond acceptors (Lipinski definition) is 4. The highest BCUT2D eigenvalue weighted by molar-refractivity contribution is 5.99. The molecule has 0 bridgehead atoms. The molecule has 1 saturated carbocycles. The van der Waals surface area contributed by atoms with Crippen LogP contribution in [0.5, 0.6) is 0 Å². The summed E-state index contributed by atoms with van der Waals surface area (Å²) in [5, 5.41) is 20.1. The molecule has 0 heterocycles. The Balaban J connectivity index is 2.39. The average molecular weight is 264 g/mol. The number of amides is 1. The summed E-state index contributed by atoms with van der Waals surface area (Å²) < 4.78 is 0. The maximum atomic E-state index is 12.5. The van der Waals surface area contributed by atoms with Crippen LogP contribution < -0.4 is 0 Å². The number of carbonyl (C=O) groups excluding carboxylic acids is 1. The molecule has 6 nitrogen and oxygen atoms in total. The highest BCUT2D eigenvalue weighted by Gasteiger charge is 2.35. The molecule has 2 rings (SSSR count). The third kappa shape index (κ3) is 2.73. The quantitative estimate of drug-likeness (QED) is 0.645. The molecule has 19 heavy (non-hydrogen) atoms. The zero-order valence-corrected chi connectivity index (χ0v) is 10.7. The molecule has 6 heteroatoms. The van der Waals surface area contributed by atoms with Gasteiger partial charge in [0.25, 0.3) is 11.6 Å². The number of aliphatic hydroxyl groups excluding tert-OH is 1. The Bertz CT molecular complexity index is 511. The molecule has 0 saturated heterocycles. The van der Waals surface area contributed by atoms with Crippen molar-refractivity contribution in [3.05, 3.63) is 39.4 Å². The van der Waals surface area contributed by atoms with Gasteiger partial charge in [-0.05, 0) is 25.3 Å². The van der Waals surface area contributed by atoms with Gasteiger partial charge < -0.3 is 10.0 Å². The van der Waals surface area contributed by atoms with Gasteiger partial charge in [-0.3, -0.25) is 14.9 Å². The van der Waals surface area contributed by atoms with Crippen LogP contribution in [0.3, 0.4) is 0 Å². The molecule has 1 fully saturated rings. The normalized spacial score (nSPS) is 14.2. The van der Waals surface area contributed by atoms with Gasteiger partial charge in [-0.25, -0.2) is 0 Å². The Morgan fingerprint density at radius 1 is 1.53 bits per heavy atom. The van der Waals surface area contributed by atoms with Gasteiger partial charge in [-0.1, -0.05) is 12.1 Å². The zero-order chi connectivity index (χ0) is 14.0. The summed E-state index contributed by atoms with van der Waals surface area (Å²) in [7, 11) is 0. The summed E-state index contributed by atoms with van der Waals surface area (Å²) in [6.45, 7) is 1.77. The fraction of sp³-hybridized carbons (Fsp3) is 0.462. The minimum atomic E-state index is -0.537. The highest BCUT2D eigenvalue weighted by atomic mass is 16.6. The first-order valence-electron chi connectivity index (χ1n) is 6.22. The molecular formula is C13H16N2O4. The van der Waals surface area contributed by atoms with E-state index in [1.165, 1.54) is 11.0 Å². The van der Waals surface area contributed by atoms with E-state index in [-0.39, 0.29) is 36.4 Å². The van der Waals surface area contributed by atoms with E-state index in [0.717, 1.165) is 12.8 Å². The van der Waals surface area contributed by atoms with Crippen molar-refractivity contribution in [3.63, 3.8) is 0 Å². The second kappa shape index (κ2) is 5.36. The first-order valence-corrected chi connectivity index (χ1v) is 6.22. The van der Waals surface area contributed by atoms with Gasteiger partial charge in [0.15, 0.2) is 0 Å². The summed E-state index contributed by atoms with van der Waals surface area (Å²) in [6, 6.07) is 4.70. The monoisotopic (exact) mass is 264 g/mol. The fourth-order valence-corrected chi connectivity index (χ4v) is 2.17. The van der Waals surface area contributed by atoms with Gasteiger partial charge in [-0.15, -0.1) is 0 Å². The third-order valence-electron chi connectivity index (χ3n) is 3.25. The maximum absolute atomic E-state index is 12.5. The largest absolute Gasteiger partial charge is 0.395 e. The molecule has 0 spiro atoms. The molecule has 0 aliphatic heterocycles. The van der Waals surface area contributed by atoms with Gasteiger partial charge in [0.05, 0.1) is 11.5 Å². The number of hydrogen-bond donors (Lipinski definition) is 1. The molecule has 0 unspecified atom stereocenters. The molecule has 0 radical (unpaired) electrons. The van der Waals surface area contributed by atoms with Crippen LogP contribution in [-0.4, -0.2) is 40.0 Å². The van der Waals surface area contributed by atoms with Gasteiger partial charge in [-0.2, -0.15) is 0 Å². The molecule has 0 atom stereocenters. The van der Waals surface area contributed by atoms with Gasteiger partial charge in [0, 0.05) is 18.7 Å². The lowest BCUT2D eigenvalue weighted by molar-refractivity contribution is -0.385. The molecule has 0 aromatic heterocycles. The number of rotatable bonds is 5. The first kappa shape index (κ1) is 13.5. The van der Waals surface area contributed by atoms with Crippen molar-refractivity contribution < 1.29 is 14.8 Å². The van der Waals surface area contributed by atoms with Crippen LogP contribution in [-0.2, 0) is 0 Å². The van der Waals surface area contributed by atoms with Crippen LogP contribution in [0.4, 0.5) is 5.69 Å². The van der Waals surface area contributed by atoms with Gasteiger partial charge >= 0.3 is 0 Å². The average Bonchev–Trinajstić information content (AvgIpc) is 3.19. The smallest absolute Gasteiger partial charge is 0.282 e. The number of nitro groups is 1. The topological polar surface area (TPSA) is 83.7 Å². The van der Waals surface area contributed by atoms with Crippen molar-refractivity contribution in [3.8, 4) is 0 Å². The fourth-order valence-electron chi connectivity index (χ4n) is 2.17. The predicted molar refractivity (Wildman–Crippen MR) is 69.0 cm³/mol. The summed E-state index contributed by atoms with van der Waals surface area (Å²) in [5.41, 5.74) is 0.546. The van der Waals surface area contributed by atoms with Crippen molar-refractivity contribution in [2.75, 3.05) is 13.2 Å². The number of aliphatic hydroxyl groups is 1. The third-order valence-corrected chi connectivity index (χ3v) is 3.25. The molecule has 1 aromatic carbocycles. The molecule has 1 aliphatic rings. The summed E-state index contributed by atoms with van der Waals surface area (Å²) in [6.07, 6.45) is 1.79.